The fraction of sp³-hybridized carbons (Fsp3) is 0.474. The summed E-state index contributed by atoms with van der Waals surface area (Å²) < 4.78 is 0. The Morgan fingerprint density at radius 1 is 0.760 bits per heavy atom. The Kier molecular flexibility index (Phi) is 11.6. The number of hydrogen-bond acceptors (Lipinski definition) is 6. The van der Waals surface area contributed by atoms with Gasteiger partial charge in [0.05, 0.1) is 16.6 Å². The van der Waals surface area contributed by atoms with Crippen molar-refractivity contribution in [3.8, 4) is 0 Å². The molecule has 0 aliphatic heterocycles. The van der Waals surface area contributed by atoms with Crippen LogP contribution >= 0.6 is 47.0 Å². The fourth-order valence-corrected chi connectivity index (χ4v) is 6.36. The summed E-state index contributed by atoms with van der Waals surface area (Å²) >= 11 is 8.04. The van der Waals surface area contributed by atoms with Gasteiger partial charge in [0, 0.05) is 35.4 Å². The van der Waals surface area contributed by atoms with Crippen LogP contribution in [0.1, 0.15) is 23.1 Å². The SMILES string of the molecule is CSCCSCCCSCCSC(c1ccccn1)c1ccccn1. The van der Waals surface area contributed by atoms with E-state index in [2.05, 4.69) is 64.0 Å². The lowest BCUT2D eigenvalue weighted by Gasteiger charge is -2.15. The molecule has 2 aromatic heterocycles. The minimum Gasteiger partial charge on any atom is -0.260 e. The van der Waals surface area contributed by atoms with Gasteiger partial charge < -0.3 is 0 Å². The van der Waals surface area contributed by atoms with E-state index in [1.54, 1.807) is 0 Å². The summed E-state index contributed by atoms with van der Waals surface area (Å²) in [6.45, 7) is 0. The quantitative estimate of drug-likeness (QED) is 0.403. The van der Waals surface area contributed by atoms with Crippen LogP contribution in [-0.2, 0) is 0 Å². The Bertz CT molecular complexity index is 514. The van der Waals surface area contributed by atoms with Gasteiger partial charge >= 0.3 is 0 Å². The van der Waals surface area contributed by atoms with Crippen molar-refractivity contribution < 1.29 is 0 Å². The van der Waals surface area contributed by atoms with E-state index in [4.69, 9.17) is 0 Å². The zero-order valence-electron chi connectivity index (χ0n) is 14.7. The van der Waals surface area contributed by atoms with Crippen molar-refractivity contribution in [3.63, 3.8) is 0 Å². The number of nitrogens with zero attached hydrogens (tertiary/aromatic N) is 2. The molecule has 2 heterocycles. The summed E-state index contributed by atoms with van der Waals surface area (Å²) in [5.74, 6) is 7.45. The molecule has 0 fully saturated rings. The molecule has 0 aliphatic rings. The van der Waals surface area contributed by atoms with E-state index >= 15 is 0 Å². The van der Waals surface area contributed by atoms with E-state index in [9.17, 15) is 0 Å². The fourth-order valence-electron chi connectivity index (χ4n) is 2.22. The van der Waals surface area contributed by atoms with E-state index < -0.39 is 0 Å². The number of hydrogen-bond donors (Lipinski definition) is 0. The maximum atomic E-state index is 4.55. The number of pyridine rings is 2. The van der Waals surface area contributed by atoms with E-state index in [-0.39, 0.29) is 5.25 Å². The maximum absolute atomic E-state index is 4.55. The highest BCUT2D eigenvalue weighted by atomic mass is 32.2. The molecule has 0 N–H and O–H groups in total. The monoisotopic (exact) mass is 410 g/mol. The first kappa shape index (κ1) is 21.0. The van der Waals surface area contributed by atoms with E-state index in [1.165, 1.54) is 35.2 Å². The Morgan fingerprint density at radius 3 is 1.88 bits per heavy atom. The Balaban J connectivity index is 1.69. The number of aromatic nitrogens is 2. The zero-order valence-corrected chi connectivity index (χ0v) is 17.9. The van der Waals surface area contributed by atoms with Gasteiger partial charge in [-0.05, 0) is 48.4 Å². The van der Waals surface area contributed by atoms with Crippen LogP contribution in [0, 0.1) is 0 Å². The van der Waals surface area contributed by atoms with Gasteiger partial charge in [-0.25, -0.2) is 0 Å². The topological polar surface area (TPSA) is 25.8 Å². The third kappa shape index (κ3) is 8.76. The first-order chi connectivity index (χ1) is 12.4. The molecule has 0 aromatic carbocycles. The van der Waals surface area contributed by atoms with E-state index in [0.717, 1.165) is 17.1 Å². The van der Waals surface area contributed by atoms with Crippen molar-refractivity contribution in [3.05, 3.63) is 60.2 Å². The summed E-state index contributed by atoms with van der Waals surface area (Å²) in [5, 5.41) is 0.227. The van der Waals surface area contributed by atoms with Gasteiger partial charge in [0.2, 0.25) is 0 Å². The van der Waals surface area contributed by atoms with Crippen LogP contribution in [-0.4, -0.2) is 50.7 Å². The largest absolute Gasteiger partial charge is 0.260 e. The van der Waals surface area contributed by atoms with Crippen LogP contribution in [0.25, 0.3) is 0 Å². The highest BCUT2D eigenvalue weighted by molar-refractivity contribution is 8.03. The van der Waals surface area contributed by atoms with Gasteiger partial charge in [-0.3, -0.25) is 9.97 Å². The van der Waals surface area contributed by atoms with Crippen molar-refractivity contribution in [2.24, 2.45) is 0 Å². The third-order valence-corrected chi connectivity index (χ3v) is 7.96. The van der Waals surface area contributed by atoms with Crippen molar-refractivity contribution >= 4 is 47.0 Å². The minimum atomic E-state index is 0.227. The molecule has 2 aromatic rings. The molecular weight excluding hydrogens is 384 g/mol. The van der Waals surface area contributed by atoms with Gasteiger partial charge in [-0.15, -0.1) is 11.8 Å². The maximum Gasteiger partial charge on any atom is 0.0891 e. The van der Waals surface area contributed by atoms with Crippen molar-refractivity contribution in [2.45, 2.75) is 11.7 Å². The smallest absolute Gasteiger partial charge is 0.0891 e. The summed E-state index contributed by atoms with van der Waals surface area (Å²) in [5.41, 5.74) is 2.20. The predicted molar refractivity (Wildman–Crippen MR) is 120 cm³/mol. The van der Waals surface area contributed by atoms with Crippen LogP contribution in [0.15, 0.2) is 48.8 Å². The van der Waals surface area contributed by atoms with Crippen LogP contribution < -0.4 is 0 Å². The first-order valence-electron chi connectivity index (χ1n) is 8.49. The van der Waals surface area contributed by atoms with Crippen LogP contribution in [0.5, 0.6) is 0 Å². The van der Waals surface area contributed by atoms with E-state index in [1.807, 2.05) is 48.1 Å². The van der Waals surface area contributed by atoms with Crippen molar-refractivity contribution in [1.82, 2.24) is 9.97 Å². The van der Waals surface area contributed by atoms with Crippen molar-refractivity contribution in [2.75, 3.05) is 40.8 Å². The standard InChI is InChI=1S/C19H26N2S4/c1-22-13-14-23-11-6-12-24-15-16-25-19(17-7-2-4-9-20-17)18-8-3-5-10-21-18/h2-5,7-10,19H,6,11-16H2,1H3. The molecule has 136 valence electrons. The Morgan fingerprint density at radius 2 is 1.36 bits per heavy atom. The highest BCUT2D eigenvalue weighted by Crippen LogP contribution is 2.33. The zero-order chi connectivity index (χ0) is 17.6. The molecule has 0 atom stereocenters. The Hall–Kier alpha value is -0.300. The molecule has 25 heavy (non-hydrogen) atoms. The molecule has 0 radical (unpaired) electrons. The highest BCUT2D eigenvalue weighted by Gasteiger charge is 2.16. The second-order valence-corrected chi connectivity index (χ2v) is 9.98. The second-order valence-electron chi connectivity index (χ2n) is 5.33. The minimum absolute atomic E-state index is 0.227. The number of thioether (sulfide) groups is 4. The van der Waals surface area contributed by atoms with E-state index in [0.29, 0.717) is 0 Å². The normalized spacial score (nSPS) is 11.1. The molecule has 0 bridgehead atoms. The van der Waals surface area contributed by atoms with Gasteiger partial charge in [-0.1, -0.05) is 12.1 Å². The average Bonchev–Trinajstić information content (AvgIpc) is 2.67. The summed E-state index contributed by atoms with van der Waals surface area (Å²) in [6, 6.07) is 12.3. The van der Waals surface area contributed by atoms with Crippen LogP contribution in [0.3, 0.4) is 0 Å². The summed E-state index contributed by atoms with van der Waals surface area (Å²) in [6.07, 6.45) is 7.24. The van der Waals surface area contributed by atoms with Crippen LogP contribution in [0.4, 0.5) is 0 Å². The lowest BCUT2D eigenvalue weighted by molar-refractivity contribution is 0.989. The molecule has 0 saturated carbocycles. The molecule has 0 spiro atoms. The molecule has 0 unspecified atom stereocenters. The van der Waals surface area contributed by atoms with Gasteiger partial charge in [0.1, 0.15) is 0 Å². The molecular formula is C19H26N2S4. The summed E-state index contributed by atoms with van der Waals surface area (Å²) in [4.78, 5) is 9.09. The number of rotatable bonds is 13. The van der Waals surface area contributed by atoms with Crippen molar-refractivity contribution in [1.29, 1.82) is 0 Å². The van der Waals surface area contributed by atoms with Gasteiger partial charge in [0.15, 0.2) is 0 Å². The predicted octanol–water partition coefficient (Wildman–Crippen LogP) is 5.52. The average molecular weight is 411 g/mol. The summed E-state index contributed by atoms with van der Waals surface area (Å²) in [7, 11) is 0. The lowest BCUT2D eigenvalue weighted by atomic mass is 10.2. The lowest BCUT2D eigenvalue weighted by Crippen LogP contribution is -2.03. The molecule has 2 rings (SSSR count). The molecule has 6 heteroatoms. The molecule has 0 saturated heterocycles. The van der Waals surface area contributed by atoms with Gasteiger partial charge in [-0.2, -0.15) is 35.3 Å². The molecule has 0 amide bonds. The third-order valence-electron chi connectivity index (χ3n) is 3.43. The molecule has 0 aliphatic carbocycles. The van der Waals surface area contributed by atoms with Gasteiger partial charge in [0.25, 0.3) is 0 Å². The van der Waals surface area contributed by atoms with Crippen LogP contribution in [0.2, 0.25) is 0 Å². The second kappa shape index (κ2) is 13.8. The molecule has 2 nitrogen and oxygen atoms in total. The first-order valence-corrected chi connectivity index (χ1v) is 13.2. The Labute approximate surface area is 169 Å².